The highest BCUT2D eigenvalue weighted by atomic mass is 35.5. The van der Waals surface area contributed by atoms with Crippen molar-refractivity contribution in [1.82, 2.24) is 15.0 Å². The fourth-order valence-corrected chi connectivity index (χ4v) is 3.36. The van der Waals surface area contributed by atoms with Gasteiger partial charge in [0.05, 0.1) is 21.3 Å². The van der Waals surface area contributed by atoms with E-state index in [0.717, 1.165) is 16.9 Å². The number of aromatic carboxylic acids is 1. The summed E-state index contributed by atoms with van der Waals surface area (Å²) in [5.74, 6) is -1.16. The SMILES string of the molecule is Cc1c(C(=O)[O-])sc2nc(/C(Cl)=C/c3cccnc3)[nH]c(=O)c12. The number of thiophene rings is 1. The van der Waals surface area contributed by atoms with Gasteiger partial charge in [0, 0.05) is 12.4 Å². The lowest BCUT2D eigenvalue weighted by Crippen LogP contribution is -2.21. The van der Waals surface area contributed by atoms with Crippen molar-refractivity contribution in [2.24, 2.45) is 0 Å². The van der Waals surface area contributed by atoms with Crippen molar-refractivity contribution in [3.05, 3.63) is 56.7 Å². The van der Waals surface area contributed by atoms with E-state index in [2.05, 4.69) is 15.0 Å². The van der Waals surface area contributed by atoms with Gasteiger partial charge in [-0.05, 0) is 30.2 Å². The third-order valence-corrected chi connectivity index (χ3v) is 4.64. The van der Waals surface area contributed by atoms with E-state index < -0.39 is 11.5 Å². The summed E-state index contributed by atoms with van der Waals surface area (Å²) in [6.45, 7) is 1.55. The minimum absolute atomic E-state index is 0.0116. The quantitative estimate of drug-likeness (QED) is 0.779. The number of halogens is 1. The van der Waals surface area contributed by atoms with E-state index in [4.69, 9.17) is 11.6 Å². The van der Waals surface area contributed by atoms with Crippen LogP contribution in [-0.2, 0) is 0 Å². The van der Waals surface area contributed by atoms with Crippen LogP contribution >= 0.6 is 22.9 Å². The number of nitrogens with one attached hydrogen (secondary N) is 1. The van der Waals surface area contributed by atoms with Crippen LogP contribution in [0.1, 0.15) is 26.6 Å². The summed E-state index contributed by atoms with van der Waals surface area (Å²) >= 11 is 7.09. The van der Waals surface area contributed by atoms with Crippen molar-refractivity contribution in [3.63, 3.8) is 0 Å². The van der Waals surface area contributed by atoms with Crippen molar-refractivity contribution in [2.45, 2.75) is 6.92 Å². The van der Waals surface area contributed by atoms with Gasteiger partial charge in [0.2, 0.25) is 0 Å². The van der Waals surface area contributed by atoms with Crippen molar-refractivity contribution in [2.75, 3.05) is 0 Å². The number of carbonyl (C=O) groups excluding carboxylic acids is 1. The molecule has 3 heterocycles. The highest BCUT2D eigenvalue weighted by molar-refractivity contribution is 7.20. The molecule has 0 saturated carbocycles. The number of rotatable bonds is 3. The number of carboxylic acid groups (broad SMARTS) is 1. The average molecular weight is 347 g/mol. The summed E-state index contributed by atoms with van der Waals surface area (Å²) in [6.07, 6.45) is 4.86. The molecule has 0 aromatic carbocycles. The van der Waals surface area contributed by atoms with Crippen LogP contribution in [0.25, 0.3) is 21.3 Å². The predicted molar refractivity (Wildman–Crippen MR) is 87.3 cm³/mol. The summed E-state index contributed by atoms with van der Waals surface area (Å²) < 4.78 is 0. The van der Waals surface area contributed by atoms with Gasteiger partial charge in [-0.1, -0.05) is 17.7 Å². The number of carboxylic acids is 1. The topological polar surface area (TPSA) is 98.8 Å². The van der Waals surface area contributed by atoms with Crippen LogP contribution in [-0.4, -0.2) is 20.9 Å². The Morgan fingerprint density at radius 2 is 2.26 bits per heavy atom. The van der Waals surface area contributed by atoms with Crippen molar-refractivity contribution < 1.29 is 9.90 Å². The maximum atomic E-state index is 12.2. The van der Waals surface area contributed by atoms with Gasteiger partial charge in [-0.25, -0.2) is 4.98 Å². The average Bonchev–Trinajstić information content (AvgIpc) is 2.86. The Bertz CT molecular complexity index is 992. The van der Waals surface area contributed by atoms with Gasteiger partial charge < -0.3 is 14.9 Å². The number of nitrogens with zero attached hydrogens (tertiary/aromatic N) is 2. The highest BCUT2D eigenvalue weighted by Crippen LogP contribution is 2.28. The summed E-state index contributed by atoms with van der Waals surface area (Å²) in [6, 6.07) is 3.56. The molecule has 3 aromatic heterocycles. The smallest absolute Gasteiger partial charge is 0.260 e. The molecule has 0 aliphatic heterocycles. The van der Waals surface area contributed by atoms with Gasteiger partial charge in [0.25, 0.3) is 5.56 Å². The van der Waals surface area contributed by atoms with Crippen molar-refractivity contribution in [1.29, 1.82) is 0 Å². The number of hydrogen-bond donors (Lipinski definition) is 1. The van der Waals surface area contributed by atoms with Crippen LogP contribution in [0.4, 0.5) is 0 Å². The fourth-order valence-electron chi connectivity index (χ4n) is 2.13. The summed E-state index contributed by atoms with van der Waals surface area (Å²) in [5.41, 5.74) is 0.652. The Morgan fingerprint density at radius 3 is 2.91 bits per heavy atom. The predicted octanol–water partition coefficient (Wildman–Crippen LogP) is 1.79. The second-order valence-corrected chi connectivity index (χ2v) is 6.12. The first-order valence-corrected chi connectivity index (χ1v) is 7.69. The Labute approximate surface area is 139 Å². The minimum atomic E-state index is -1.33. The summed E-state index contributed by atoms with van der Waals surface area (Å²) in [4.78, 5) is 34.4. The fraction of sp³-hybridized carbons (Fsp3) is 0.0667. The van der Waals surface area contributed by atoms with Gasteiger partial charge in [-0.3, -0.25) is 9.78 Å². The lowest BCUT2D eigenvalue weighted by Gasteiger charge is -2.00. The molecule has 0 atom stereocenters. The van der Waals surface area contributed by atoms with E-state index in [-0.39, 0.29) is 21.1 Å². The maximum absolute atomic E-state index is 12.2. The number of fused-ring (bicyclic) bond motifs is 1. The lowest BCUT2D eigenvalue weighted by molar-refractivity contribution is -0.254. The molecule has 3 rings (SSSR count). The van der Waals surface area contributed by atoms with E-state index in [9.17, 15) is 14.7 Å². The van der Waals surface area contributed by atoms with Crippen LogP contribution in [0.5, 0.6) is 0 Å². The monoisotopic (exact) mass is 346 g/mol. The molecule has 0 fully saturated rings. The zero-order valence-corrected chi connectivity index (χ0v) is 13.4. The molecule has 0 radical (unpaired) electrons. The number of aryl methyl sites for hydroxylation is 1. The lowest BCUT2D eigenvalue weighted by atomic mass is 10.2. The molecule has 0 bridgehead atoms. The molecular formula is C15H9ClN3O3S-. The molecule has 6 nitrogen and oxygen atoms in total. The minimum Gasteiger partial charge on any atom is -0.544 e. The number of carbonyl (C=O) groups is 1. The Balaban J connectivity index is 2.15. The van der Waals surface area contributed by atoms with Gasteiger partial charge in [0.15, 0.2) is 5.82 Å². The normalized spacial score (nSPS) is 11.8. The van der Waals surface area contributed by atoms with E-state index in [0.29, 0.717) is 10.4 Å². The van der Waals surface area contributed by atoms with Crippen LogP contribution in [0.2, 0.25) is 0 Å². The molecule has 8 heteroatoms. The van der Waals surface area contributed by atoms with Gasteiger partial charge in [-0.15, -0.1) is 11.3 Å². The largest absolute Gasteiger partial charge is 0.544 e. The van der Waals surface area contributed by atoms with Gasteiger partial charge >= 0.3 is 0 Å². The molecule has 116 valence electrons. The number of aromatic nitrogens is 3. The molecule has 1 N–H and O–H groups in total. The third kappa shape index (κ3) is 2.88. The van der Waals surface area contributed by atoms with Gasteiger partial charge in [-0.2, -0.15) is 0 Å². The van der Waals surface area contributed by atoms with Crippen LogP contribution < -0.4 is 10.7 Å². The second kappa shape index (κ2) is 5.94. The molecule has 23 heavy (non-hydrogen) atoms. The zero-order chi connectivity index (χ0) is 16.6. The number of hydrogen-bond acceptors (Lipinski definition) is 6. The number of H-pyrrole nitrogens is 1. The van der Waals surface area contributed by atoms with E-state index in [1.807, 2.05) is 0 Å². The van der Waals surface area contributed by atoms with E-state index in [1.54, 1.807) is 37.5 Å². The molecule has 0 saturated heterocycles. The molecule has 3 aromatic rings. The van der Waals surface area contributed by atoms with Gasteiger partial charge in [0.1, 0.15) is 4.83 Å². The highest BCUT2D eigenvalue weighted by Gasteiger charge is 2.15. The Morgan fingerprint density at radius 1 is 1.48 bits per heavy atom. The first kappa shape index (κ1) is 15.4. The van der Waals surface area contributed by atoms with Crippen molar-refractivity contribution >= 4 is 50.2 Å². The first-order valence-electron chi connectivity index (χ1n) is 6.49. The zero-order valence-electron chi connectivity index (χ0n) is 11.8. The first-order chi connectivity index (χ1) is 11.0. The second-order valence-electron chi connectivity index (χ2n) is 4.72. The maximum Gasteiger partial charge on any atom is 0.260 e. The van der Waals surface area contributed by atoms with E-state index in [1.165, 1.54) is 0 Å². The van der Waals surface area contributed by atoms with E-state index >= 15 is 0 Å². The molecule has 0 aliphatic rings. The third-order valence-electron chi connectivity index (χ3n) is 3.19. The summed E-state index contributed by atoms with van der Waals surface area (Å²) in [7, 11) is 0. The van der Waals surface area contributed by atoms with Crippen molar-refractivity contribution in [3.8, 4) is 0 Å². The van der Waals surface area contributed by atoms with Crippen LogP contribution in [0, 0.1) is 6.92 Å². The molecule has 0 unspecified atom stereocenters. The number of pyridine rings is 1. The summed E-state index contributed by atoms with van der Waals surface area (Å²) in [5, 5.41) is 11.5. The Kier molecular flexibility index (Phi) is 3.97. The standard InChI is InChI=1S/C15H10ClN3O3S/c1-7-10-13(20)18-12(19-14(10)23-11(7)15(21)22)9(16)5-8-3-2-4-17-6-8/h2-6H,1H3,(H,21,22)(H,18,19,20)/p-1/b9-5-. The number of aromatic amines is 1. The van der Waals surface area contributed by atoms with Crippen LogP contribution in [0.15, 0.2) is 29.3 Å². The molecule has 0 aliphatic carbocycles. The molecule has 0 spiro atoms. The molecular weight excluding hydrogens is 338 g/mol. The van der Waals surface area contributed by atoms with Crippen LogP contribution in [0.3, 0.4) is 0 Å². The Hall–Kier alpha value is -2.51. The molecule has 0 amide bonds.